The molecule has 2 heterocycles. The summed E-state index contributed by atoms with van der Waals surface area (Å²) in [6.45, 7) is 1.62. The number of aliphatic hydroxyl groups excluding tert-OH is 3. The van der Waals surface area contributed by atoms with Gasteiger partial charge < -0.3 is 25.2 Å². The molecule has 4 rings (SSSR count). The van der Waals surface area contributed by atoms with Crippen LogP contribution in [0.3, 0.4) is 0 Å². The van der Waals surface area contributed by atoms with Crippen molar-refractivity contribution < 1.29 is 29.6 Å². The molecule has 1 saturated heterocycles. The second kappa shape index (κ2) is 9.06. The number of aryl methyl sites for hydroxylation is 1. The Kier molecular flexibility index (Phi) is 6.41. The SMILES string of the molecule is Cc1cc(O)c(C2OC(CO)CC(O)C2O)cc1Cc1ccc(-c2ccc(F)cc2)s1. The van der Waals surface area contributed by atoms with E-state index in [4.69, 9.17) is 4.74 Å². The topological polar surface area (TPSA) is 90.2 Å². The van der Waals surface area contributed by atoms with Crippen LogP contribution in [0.2, 0.25) is 0 Å². The Morgan fingerprint density at radius 2 is 1.84 bits per heavy atom. The van der Waals surface area contributed by atoms with Gasteiger partial charge in [0, 0.05) is 28.2 Å². The molecule has 1 fully saturated rings. The first kappa shape index (κ1) is 21.9. The minimum absolute atomic E-state index is 0.0192. The van der Waals surface area contributed by atoms with Crippen LogP contribution in [0.25, 0.3) is 10.4 Å². The summed E-state index contributed by atoms with van der Waals surface area (Å²) in [6.07, 6.45) is -3.04. The van der Waals surface area contributed by atoms with Crippen LogP contribution in [0, 0.1) is 12.7 Å². The minimum Gasteiger partial charge on any atom is -0.508 e. The first-order valence-electron chi connectivity index (χ1n) is 10.1. The van der Waals surface area contributed by atoms with E-state index < -0.39 is 24.4 Å². The lowest BCUT2D eigenvalue weighted by atomic mass is 9.90. The van der Waals surface area contributed by atoms with Crippen molar-refractivity contribution in [2.45, 2.75) is 44.2 Å². The fraction of sp³-hybridized carbons (Fsp3) is 0.333. The van der Waals surface area contributed by atoms with E-state index in [1.165, 1.54) is 12.1 Å². The molecule has 4 unspecified atom stereocenters. The van der Waals surface area contributed by atoms with Gasteiger partial charge in [-0.05, 0) is 60.0 Å². The van der Waals surface area contributed by atoms with Crippen molar-refractivity contribution in [3.8, 4) is 16.2 Å². The third kappa shape index (κ3) is 4.66. The van der Waals surface area contributed by atoms with Crippen molar-refractivity contribution in [2.24, 2.45) is 0 Å². The molecule has 3 aromatic rings. The molecule has 2 aromatic carbocycles. The smallest absolute Gasteiger partial charge is 0.123 e. The molecular formula is C24H25FO5S. The fourth-order valence-electron chi connectivity index (χ4n) is 3.93. The summed E-state index contributed by atoms with van der Waals surface area (Å²) in [5.74, 6) is -0.289. The van der Waals surface area contributed by atoms with E-state index >= 15 is 0 Å². The number of phenolic OH excluding ortho intramolecular Hbond substituents is 1. The summed E-state index contributed by atoms with van der Waals surface area (Å²) < 4.78 is 18.9. The van der Waals surface area contributed by atoms with Crippen LogP contribution in [-0.2, 0) is 11.2 Å². The molecule has 1 aliphatic heterocycles. The number of thiophene rings is 1. The molecule has 4 N–H and O–H groups in total. The summed E-state index contributed by atoms with van der Waals surface area (Å²) in [4.78, 5) is 2.13. The van der Waals surface area contributed by atoms with Gasteiger partial charge >= 0.3 is 0 Å². The van der Waals surface area contributed by atoms with E-state index in [0.717, 1.165) is 26.4 Å². The average molecular weight is 445 g/mol. The maximum atomic E-state index is 13.2. The van der Waals surface area contributed by atoms with Gasteiger partial charge in [0.15, 0.2) is 0 Å². The van der Waals surface area contributed by atoms with Gasteiger partial charge in [0.05, 0.1) is 18.8 Å². The number of halogens is 1. The number of hydrogen-bond donors (Lipinski definition) is 4. The number of aliphatic hydroxyl groups is 3. The van der Waals surface area contributed by atoms with Gasteiger partial charge in [-0.2, -0.15) is 0 Å². The van der Waals surface area contributed by atoms with E-state index in [-0.39, 0.29) is 24.6 Å². The molecule has 5 nitrogen and oxygen atoms in total. The normalized spacial score (nSPS) is 23.8. The fourth-order valence-corrected chi connectivity index (χ4v) is 4.97. The summed E-state index contributed by atoms with van der Waals surface area (Å²) >= 11 is 1.61. The van der Waals surface area contributed by atoms with E-state index in [2.05, 4.69) is 0 Å². The molecule has 0 aliphatic carbocycles. The minimum atomic E-state index is -1.20. The zero-order valence-corrected chi connectivity index (χ0v) is 17.8. The molecule has 4 atom stereocenters. The first-order valence-corrected chi connectivity index (χ1v) is 11.0. The Bertz CT molecular complexity index is 1050. The second-order valence-corrected chi connectivity index (χ2v) is 9.11. The monoisotopic (exact) mass is 444 g/mol. The third-order valence-corrected chi connectivity index (χ3v) is 6.83. The molecule has 0 radical (unpaired) electrons. The molecular weight excluding hydrogens is 419 g/mol. The Hall–Kier alpha value is -2.29. The molecule has 0 bridgehead atoms. The highest BCUT2D eigenvalue weighted by Crippen LogP contribution is 2.38. The van der Waals surface area contributed by atoms with Gasteiger partial charge in [-0.1, -0.05) is 12.1 Å². The first-order chi connectivity index (χ1) is 14.9. The third-order valence-electron chi connectivity index (χ3n) is 5.70. The van der Waals surface area contributed by atoms with Crippen LogP contribution in [-0.4, -0.2) is 45.3 Å². The molecule has 0 amide bonds. The summed E-state index contributed by atoms with van der Waals surface area (Å²) in [7, 11) is 0. The largest absolute Gasteiger partial charge is 0.508 e. The Labute approximate surface area is 184 Å². The molecule has 0 spiro atoms. The predicted octanol–water partition coefficient (Wildman–Crippen LogP) is 3.70. The highest BCUT2D eigenvalue weighted by atomic mass is 32.1. The van der Waals surface area contributed by atoms with E-state index in [0.29, 0.717) is 12.0 Å². The molecule has 1 aliphatic rings. The van der Waals surface area contributed by atoms with Gasteiger partial charge in [0.2, 0.25) is 0 Å². The molecule has 164 valence electrons. The lowest BCUT2D eigenvalue weighted by Gasteiger charge is -2.37. The van der Waals surface area contributed by atoms with E-state index in [9.17, 15) is 24.8 Å². The quantitative estimate of drug-likeness (QED) is 0.482. The van der Waals surface area contributed by atoms with Gasteiger partial charge in [0.1, 0.15) is 23.8 Å². The van der Waals surface area contributed by atoms with Crippen LogP contribution < -0.4 is 0 Å². The van der Waals surface area contributed by atoms with E-state index in [1.54, 1.807) is 35.6 Å². The number of phenols is 1. The highest BCUT2D eigenvalue weighted by molar-refractivity contribution is 7.15. The lowest BCUT2D eigenvalue weighted by Crippen LogP contribution is -2.44. The standard InChI is InChI=1S/C24H25FO5S/c1-13-8-20(27)19(24-23(29)21(28)11-17(12-26)30-24)10-15(13)9-18-6-7-22(31-18)14-2-4-16(25)5-3-14/h2-8,10,17,21,23-24,26-29H,9,11-12H2,1H3. The van der Waals surface area contributed by atoms with Gasteiger partial charge in [-0.3, -0.25) is 0 Å². The molecule has 0 saturated carbocycles. The molecule has 31 heavy (non-hydrogen) atoms. The van der Waals surface area contributed by atoms with Crippen molar-refractivity contribution in [1.82, 2.24) is 0 Å². The number of rotatable bonds is 5. The summed E-state index contributed by atoms with van der Waals surface area (Å²) in [6, 6.07) is 13.8. The Morgan fingerprint density at radius 3 is 2.55 bits per heavy atom. The Balaban J connectivity index is 1.61. The van der Waals surface area contributed by atoms with Gasteiger partial charge in [-0.15, -0.1) is 11.3 Å². The van der Waals surface area contributed by atoms with Crippen LogP contribution in [0.4, 0.5) is 4.39 Å². The number of benzene rings is 2. The van der Waals surface area contributed by atoms with Gasteiger partial charge in [0.25, 0.3) is 0 Å². The number of ether oxygens (including phenoxy) is 1. The van der Waals surface area contributed by atoms with Crippen LogP contribution in [0.5, 0.6) is 5.75 Å². The van der Waals surface area contributed by atoms with Crippen LogP contribution in [0.1, 0.15) is 34.1 Å². The van der Waals surface area contributed by atoms with Crippen molar-refractivity contribution in [1.29, 1.82) is 0 Å². The predicted molar refractivity (Wildman–Crippen MR) is 117 cm³/mol. The van der Waals surface area contributed by atoms with Crippen LogP contribution >= 0.6 is 11.3 Å². The summed E-state index contributed by atoms with van der Waals surface area (Å²) in [5.41, 5.74) is 3.18. The Morgan fingerprint density at radius 1 is 1.10 bits per heavy atom. The highest BCUT2D eigenvalue weighted by Gasteiger charge is 2.38. The van der Waals surface area contributed by atoms with Crippen molar-refractivity contribution in [3.63, 3.8) is 0 Å². The molecule has 7 heteroatoms. The molecule has 1 aromatic heterocycles. The zero-order chi connectivity index (χ0) is 22.1. The maximum Gasteiger partial charge on any atom is 0.123 e. The number of hydrogen-bond acceptors (Lipinski definition) is 6. The second-order valence-electron chi connectivity index (χ2n) is 7.94. The van der Waals surface area contributed by atoms with Crippen molar-refractivity contribution in [2.75, 3.05) is 6.61 Å². The summed E-state index contributed by atoms with van der Waals surface area (Å²) in [5, 5.41) is 40.5. The van der Waals surface area contributed by atoms with Gasteiger partial charge in [-0.25, -0.2) is 4.39 Å². The van der Waals surface area contributed by atoms with Crippen molar-refractivity contribution in [3.05, 3.63) is 75.9 Å². The number of aromatic hydroxyl groups is 1. The lowest BCUT2D eigenvalue weighted by molar-refractivity contribution is -0.180. The van der Waals surface area contributed by atoms with Crippen LogP contribution in [0.15, 0.2) is 48.5 Å². The maximum absolute atomic E-state index is 13.2. The zero-order valence-electron chi connectivity index (χ0n) is 17.0. The van der Waals surface area contributed by atoms with E-state index in [1.807, 2.05) is 19.1 Å². The van der Waals surface area contributed by atoms with Crippen molar-refractivity contribution >= 4 is 11.3 Å². The average Bonchev–Trinajstić information content (AvgIpc) is 3.21.